The van der Waals surface area contributed by atoms with Crippen molar-refractivity contribution in [2.45, 2.75) is 26.0 Å². The molecule has 4 nitrogen and oxygen atoms in total. The van der Waals surface area contributed by atoms with Gasteiger partial charge in [0.2, 0.25) is 0 Å². The quantitative estimate of drug-likeness (QED) is 0.766. The molecule has 0 aliphatic rings. The highest BCUT2D eigenvalue weighted by Crippen LogP contribution is 2.22. The molecule has 1 aromatic carbocycles. The fraction of sp³-hybridized carbons (Fsp3) is 0.500. The Morgan fingerprint density at radius 2 is 2.00 bits per heavy atom. The zero-order chi connectivity index (χ0) is 12.0. The summed E-state index contributed by atoms with van der Waals surface area (Å²) in [4.78, 5) is 0. The standard InChI is InChI=1S/C12H19NO3/c1-9(14)3-4-16-12-6-10(8-13)5-11(7-12)15-2/h5-7,9,14H,3-4,8,13H2,1-2H3. The molecule has 0 aliphatic carbocycles. The summed E-state index contributed by atoms with van der Waals surface area (Å²) in [6.07, 6.45) is 0.259. The number of hydrogen-bond donors (Lipinski definition) is 2. The summed E-state index contributed by atoms with van der Waals surface area (Å²) in [7, 11) is 1.61. The van der Waals surface area contributed by atoms with Crippen LogP contribution >= 0.6 is 0 Å². The molecule has 0 fully saturated rings. The van der Waals surface area contributed by atoms with Crippen molar-refractivity contribution in [3.8, 4) is 11.5 Å². The minimum atomic E-state index is -0.348. The Morgan fingerprint density at radius 3 is 2.56 bits per heavy atom. The molecule has 3 N–H and O–H groups in total. The van der Waals surface area contributed by atoms with Gasteiger partial charge < -0.3 is 20.3 Å². The molecule has 0 radical (unpaired) electrons. The molecule has 4 heteroatoms. The van der Waals surface area contributed by atoms with Gasteiger partial charge in [-0.3, -0.25) is 0 Å². The third-order valence-corrected chi connectivity index (χ3v) is 2.22. The van der Waals surface area contributed by atoms with Crippen molar-refractivity contribution in [3.63, 3.8) is 0 Å². The predicted molar refractivity (Wildman–Crippen MR) is 62.7 cm³/mol. The lowest BCUT2D eigenvalue weighted by molar-refractivity contribution is 0.155. The van der Waals surface area contributed by atoms with Gasteiger partial charge in [-0.15, -0.1) is 0 Å². The van der Waals surface area contributed by atoms with Crippen molar-refractivity contribution in [1.82, 2.24) is 0 Å². The van der Waals surface area contributed by atoms with Crippen molar-refractivity contribution < 1.29 is 14.6 Å². The average molecular weight is 225 g/mol. The number of methoxy groups -OCH3 is 1. The van der Waals surface area contributed by atoms with Crippen molar-refractivity contribution >= 4 is 0 Å². The predicted octanol–water partition coefficient (Wildman–Crippen LogP) is 1.30. The molecule has 0 spiro atoms. The van der Waals surface area contributed by atoms with E-state index in [0.717, 1.165) is 17.1 Å². The molecule has 0 saturated carbocycles. The van der Waals surface area contributed by atoms with E-state index in [0.29, 0.717) is 19.6 Å². The molecular formula is C12H19NO3. The van der Waals surface area contributed by atoms with E-state index in [1.54, 1.807) is 20.1 Å². The van der Waals surface area contributed by atoms with Gasteiger partial charge in [0.1, 0.15) is 11.5 Å². The summed E-state index contributed by atoms with van der Waals surface area (Å²) in [6, 6.07) is 5.56. The summed E-state index contributed by atoms with van der Waals surface area (Å²) >= 11 is 0. The van der Waals surface area contributed by atoms with Gasteiger partial charge in [-0.1, -0.05) is 0 Å². The minimum Gasteiger partial charge on any atom is -0.497 e. The van der Waals surface area contributed by atoms with Gasteiger partial charge in [-0.2, -0.15) is 0 Å². The number of aliphatic hydroxyl groups excluding tert-OH is 1. The van der Waals surface area contributed by atoms with Gasteiger partial charge in [0.15, 0.2) is 0 Å². The Kier molecular flexibility index (Phi) is 5.08. The van der Waals surface area contributed by atoms with E-state index < -0.39 is 0 Å². The number of benzene rings is 1. The zero-order valence-electron chi connectivity index (χ0n) is 9.77. The summed E-state index contributed by atoms with van der Waals surface area (Å²) in [5, 5.41) is 9.11. The van der Waals surface area contributed by atoms with Crippen molar-refractivity contribution in [2.75, 3.05) is 13.7 Å². The van der Waals surface area contributed by atoms with Gasteiger partial charge in [-0.25, -0.2) is 0 Å². The molecule has 90 valence electrons. The van der Waals surface area contributed by atoms with Crippen LogP contribution in [0.2, 0.25) is 0 Å². The van der Waals surface area contributed by atoms with Gasteiger partial charge >= 0.3 is 0 Å². The Labute approximate surface area is 96.0 Å². The van der Waals surface area contributed by atoms with E-state index in [9.17, 15) is 0 Å². The Hall–Kier alpha value is -1.26. The van der Waals surface area contributed by atoms with Gasteiger partial charge in [0.25, 0.3) is 0 Å². The summed E-state index contributed by atoms with van der Waals surface area (Å²) in [5.74, 6) is 1.45. The zero-order valence-corrected chi connectivity index (χ0v) is 9.77. The molecule has 0 amide bonds. The van der Waals surface area contributed by atoms with E-state index in [2.05, 4.69) is 0 Å². The van der Waals surface area contributed by atoms with E-state index in [-0.39, 0.29) is 6.10 Å². The fourth-order valence-corrected chi connectivity index (χ4v) is 1.30. The highest BCUT2D eigenvalue weighted by Gasteiger charge is 2.02. The van der Waals surface area contributed by atoms with Gasteiger partial charge in [0, 0.05) is 19.0 Å². The highest BCUT2D eigenvalue weighted by molar-refractivity contribution is 5.38. The second-order valence-electron chi connectivity index (χ2n) is 3.71. The van der Waals surface area contributed by atoms with E-state index in [1.165, 1.54) is 0 Å². The second kappa shape index (κ2) is 6.35. The highest BCUT2D eigenvalue weighted by atomic mass is 16.5. The average Bonchev–Trinajstić information content (AvgIpc) is 2.28. The van der Waals surface area contributed by atoms with Gasteiger partial charge in [-0.05, 0) is 24.6 Å². The smallest absolute Gasteiger partial charge is 0.123 e. The van der Waals surface area contributed by atoms with E-state index in [1.807, 2.05) is 12.1 Å². The van der Waals surface area contributed by atoms with Crippen molar-refractivity contribution in [1.29, 1.82) is 0 Å². The molecule has 0 aliphatic heterocycles. The molecular weight excluding hydrogens is 206 g/mol. The monoisotopic (exact) mass is 225 g/mol. The van der Waals surface area contributed by atoms with Crippen LogP contribution in [0.25, 0.3) is 0 Å². The molecule has 1 unspecified atom stereocenters. The van der Waals surface area contributed by atoms with Crippen molar-refractivity contribution in [2.24, 2.45) is 5.73 Å². The molecule has 1 rings (SSSR count). The number of nitrogens with two attached hydrogens (primary N) is 1. The Bertz CT molecular complexity index is 304. The SMILES string of the molecule is COc1cc(CN)cc(OCCC(C)O)c1. The van der Waals surface area contributed by atoms with E-state index in [4.69, 9.17) is 20.3 Å². The molecule has 0 bridgehead atoms. The van der Waals surface area contributed by atoms with Crippen LogP contribution in [0.4, 0.5) is 0 Å². The maximum Gasteiger partial charge on any atom is 0.123 e. The van der Waals surface area contributed by atoms with Crippen LogP contribution in [0.3, 0.4) is 0 Å². The lowest BCUT2D eigenvalue weighted by Gasteiger charge is -2.10. The van der Waals surface area contributed by atoms with Crippen LogP contribution in [0.5, 0.6) is 11.5 Å². The molecule has 0 heterocycles. The normalized spacial score (nSPS) is 12.2. The van der Waals surface area contributed by atoms with Crippen LogP contribution in [0, 0.1) is 0 Å². The lowest BCUT2D eigenvalue weighted by Crippen LogP contribution is -2.08. The lowest BCUT2D eigenvalue weighted by atomic mass is 10.2. The second-order valence-corrected chi connectivity index (χ2v) is 3.71. The molecule has 1 atom stereocenters. The van der Waals surface area contributed by atoms with Crippen LogP contribution < -0.4 is 15.2 Å². The maximum atomic E-state index is 9.11. The van der Waals surface area contributed by atoms with Crippen LogP contribution in [-0.2, 0) is 6.54 Å². The van der Waals surface area contributed by atoms with Crippen LogP contribution in [-0.4, -0.2) is 24.9 Å². The first-order chi connectivity index (χ1) is 7.65. The summed E-state index contributed by atoms with van der Waals surface area (Å²) < 4.78 is 10.6. The van der Waals surface area contributed by atoms with Crippen LogP contribution in [0.1, 0.15) is 18.9 Å². The number of hydrogen-bond acceptors (Lipinski definition) is 4. The third kappa shape index (κ3) is 4.08. The Balaban J connectivity index is 2.64. The third-order valence-electron chi connectivity index (χ3n) is 2.22. The molecule has 0 aromatic heterocycles. The topological polar surface area (TPSA) is 64.7 Å². The van der Waals surface area contributed by atoms with Crippen LogP contribution in [0.15, 0.2) is 18.2 Å². The largest absolute Gasteiger partial charge is 0.497 e. The first kappa shape index (κ1) is 12.8. The van der Waals surface area contributed by atoms with Crippen molar-refractivity contribution in [3.05, 3.63) is 23.8 Å². The number of rotatable bonds is 6. The first-order valence-electron chi connectivity index (χ1n) is 5.34. The van der Waals surface area contributed by atoms with E-state index >= 15 is 0 Å². The molecule has 0 saturated heterocycles. The van der Waals surface area contributed by atoms with Gasteiger partial charge in [0.05, 0.1) is 19.8 Å². The number of ether oxygens (including phenoxy) is 2. The Morgan fingerprint density at radius 1 is 1.31 bits per heavy atom. The molecule has 16 heavy (non-hydrogen) atoms. The first-order valence-corrected chi connectivity index (χ1v) is 5.34. The maximum absolute atomic E-state index is 9.11. The molecule has 1 aromatic rings. The fourth-order valence-electron chi connectivity index (χ4n) is 1.30. The minimum absolute atomic E-state index is 0.348. The number of aliphatic hydroxyl groups is 1. The summed E-state index contributed by atoms with van der Waals surface area (Å²) in [5.41, 5.74) is 6.53. The summed E-state index contributed by atoms with van der Waals surface area (Å²) in [6.45, 7) is 2.67.